The Hall–Kier alpha value is -1.88. The maximum atomic E-state index is 13.4. The van der Waals surface area contributed by atoms with E-state index in [4.69, 9.17) is 0 Å². The van der Waals surface area contributed by atoms with Crippen LogP contribution in [0.15, 0.2) is 47.2 Å². The van der Waals surface area contributed by atoms with E-state index in [2.05, 4.69) is 26.3 Å². The lowest BCUT2D eigenvalue weighted by molar-refractivity contribution is 0.620. The predicted molar refractivity (Wildman–Crippen MR) is 81.4 cm³/mol. The van der Waals surface area contributed by atoms with Crippen molar-refractivity contribution in [1.29, 1.82) is 0 Å². The van der Waals surface area contributed by atoms with Gasteiger partial charge in [-0.3, -0.25) is 0 Å². The molecule has 102 valence electrons. The molecule has 0 bridgehead atoms. The molecule has 3 aromatic rings. The fourth-order valence-electron chi connectivity index (χ4n) is 2.15. The van der Waals surface area contributed by atoms with Crippen molar-refractivity contribution in [3.8, 4) is 0 Å². The third-order valence-corrected chi connectivity index (χ3v) is 3.85. The number of halogens is 2. The highest BCUT2D eigenvalue weighted by atomic mass is 79.9. The molecule has 0 saturated heterocycles. The average Bonchev–Trinajstić information content (AvgIpc) is 2.85. The molecule has 0 fully saturated rings. The molecule has 5 heteroatoms. The summed E-state index contributed by atoms with van der Waals surface area (Å²) < 4.78 is 15.7. The van der Waals surface area contributed by atoms with Gasteiger partial charge in [0.15, 0.2) is 0 Å². The standard InChI is InChI=1S/C15H13BrFN3/c1-10-6-13(17)12(16)7-14(10)18-8-11-9-19-20-5-3-2-4-15(11)20/h2-7,9,18H,8H2,1H3. The Bertz CT molecular complexity index is 767. The van der Waals surface area contributed by atoms with Crippen molar-refractivity contribution < 1.29 is 4.39 Å². The molecule has 0 spiro atoms. The molecular formula is C15H13BrFN3. The van der Waals surface area contributed by atoms with Gasteiger partial charge in [-0.1, -0.05) is 6.07 Å². The van der Waals surface area contributed by atoms with Crippen LogP contribution in [0.5, 0.6) is 0 Å². The quantitative estimate of drug-likeness (QED) is 0.779. The van der Waals surface area contributed by atoms with Gasteiger partial charge < -0.3 is 5.32 Å². The fourth-order valence-corrected chi connectivity index (χ4v) is 2.49. The van der Waals surface area contributed by atoms with E-state index in [9.17, 15) is 4.39 Å². The molecule has 0 radical (unpaired) electrons. The molecule has 20 heavy (non-hydrogen) atoms. The van der Waals surface area contributed by atoms with E-state index in [1.165, 1.54) is 6.07 Å². The minimum absolute atomic E-state index is 0.246. The van der Waals surface area contributed by atoms with Crippen molar-refractivity contribution in [1.82, 2.24) is 9.61 Å². The lowest BCUT2D eigenvalue weighted by atomic mass is 10.2. The Kier molecular flexibility index (Phi) is 3.44. The first-order chi connectivity index (χ1) is 9.65. The maximum absolute atomic E-state index is 13.4. The lowest BCUT2D eigenvalue weighted by Gasteiger charge is -2.10. The van der Waals surface area contributed by atoms with Gasteiger partial charge in [-0.25, -0.2) is 8.91 Å². The Morgan fingerprint density at radius 2 is 2.20 bits per heavy atom. The summed E-state index contributed by atoms with van der Waals surface area (Å²) in [6.07, 6.45) is 3.76. The van der Waals surface area contributed by atoms with Crippen molar-refractivity contribution in [2.75, 3.05) is 5.32 Å². The molecule has 0 unspecified atom stereocenters. The fraction of sp³-hybridized carbons (Fsp3) is 0.133. The minimum atomic E-state index is -0.246. The average molecular weight is 334 g/mol. The highest BCUT2D eigenvalue weighted by Crippen LogP contribution is 2.25. The van der Waals surface area contributed by atoms with Crippen LogP contribution in [0.2, 0.25) is 0 Å². The van der Waals surface area contributed by atoms with Gasteiger partial charge in [0, 0.05) is 24.0 Å². The van der Waals surface area contributed by atoms with Crippen LogP contribution in [0.25, 0.3) is 5.52 Å². The Morgan fingerprint density at radius 3 is 3.05 bits per heavy atom. The van der Waals surface area contributed by atoms with Crippen LogP contribution in [-0.4, -0.2) is 9.61 Å². The summed E-state index contributed by atoms with van der Waals surface area (Å²) in [6, 6.07) is 9.23. The number of hydrogen-bond acceptors (Lipinski definition) is 2. The largest absolute Gasteiger partial charge is 0.381 e. The van der Waals surface area contributed by atoms with E-state index >= 15 is 0 Å². The van der Waals surface area contributed by atoms with Crippen molar-refractivity contribution in [2.45, 2.75) is 13.5 Å². The second-order valence-electron chi connectivity index (χ2n) is 4.64. The van der Waals surface area contributed by atoms with Crippen LogP contribution in [0.3, 0.4) is 0 Å². The van der Waals surface area contributed by atoms with E-state index in [0.29, 0.717) is 11.0 Å². The first kappa shape index (κ1) is 13.1. The number of nitrogens with one attached hydrogen (secondary N) is 1. The highest BCUT2D eigenvalue weighted by molar-refractivity contribution is 9.10. The third-order valence-electron chi connectivity index (χ3n) is 3.24. The van der Waals surface area contributed by atoms with E-state index in [0.717, 1.165) is 22.3 Å². The lowest BCUT2D eigenvalue weighted by Crippen LogP contribution is -2.01. The molecular weight excluding hydrogens is 321 g/mol. The minimum Gasteiger partial charge on any atom is -0.381 e. The zero-order chi connectivity index (χ0) is 14.1. The van der Waals surface area contributed by atoms with E-state index in [1.807, 2.05) is 42.0 Å². The number of nitrogens with zero attached hydrogens (tertiary/aromatic N) is 2. The summed E-state index contributed by atoms with van der Waals surface area (Å²) in [5.74, 6) is -0.246. The zero-order valence-electron chi connectivity index (χ0n) is 10.9. The van der Waals surface area contributed by atoms with E-state index < -0.39 is 0 Å². The van der Waals surface area contributed by atoms with Gasteiger partial charge in [0.25, 0.3) is 0 Å². The van der Waals surface area contributed by atoms with Gasteiger partial charge in [0.05, 0.1) is 16.2 Å². The van der Waals surface area contributed by atoms with Crippen molar-refractivity contribution in [3.63, 3.8) is 0 Å². The van der Waals surface area contributed by atoms with Gasteiger partial charge in [0.1, 0.15) is 5.82 Å². The molecule has 0 aliphatic carbocycles. The number of hydrogen-bond donors (Lipinski definition) is 1. The molecule has 1 N–H and O–H groups in total. The highest BCUT2D eigenvalue weighted by Gasteiger charge is 2.07. The Balaban J connectivity index is 1.85. The van der Waals surface area contributed by atoms with Gasteiger partial charge >= 0.3 is 0 Å². The molecule has 1 aromatic carbocycles. The summed E-state index contributed by atoms with van der Waals surface area (Å²) in [4.78, 5) is 0. The Morgan fingerprint density at radius 1 is 1.35 bits per heavy atom. The van der Waals surface area contributed by atoms with Crippen molar-refractivity contribution in [2.24, 2.45) is 0 Å². The van der Waals surface area contributed by atoms with Gasteiger partial charge in [-0.05, 0) is 52.7 Å². The molecule has 0 aliphatic rings. The molecule has 0 saturated carbocycles. The summed E-state index contributed by atoms with van der Waals surface area (Å²) in [5, 5.41) is 7.62. The second kappa shape index (κ2) is 5.25. The molecule has 2 aromatic heterocycles. The predicted octanol–water partition coefficient (Wildman–Crippen LogP) is 4.16. The van der Waals surface area contributed by atoms with Gasteiger partial charge in [-0.2, -0.15) is 5.10 Å². The molecule has 0 amide bonds. The van der Waals surface area contributed by atoms with Crippen LogP contribution in [0.1, 0.15) is 11.1 Å². The monoisotopic (exact) mass is 333 g/mol. The molecule has 0 atom stereocenters. The summed E-state index contributed by atoms with van der Waals surface area (Å²) >= 11 is 3.21. The first-order valence-electron chi connectivity index (χ1n) is 6.26. The zero-order valence-corrected chi connectivity index (χ0v) is 12.5. The van der Waals surface area contributed by atoms with Crippen LogP contribution in [0, 0.1) is 12.7 Å². The molecule has 3 nitrogen and oxygen atoms in total. The number of anilines is 1. The molecule has 3 rings (SSSR count). The molecule has 0 aliphatic heterocycles. The van der Waals surface area contributed by atoms with Crippen molar-refractivity contribution >= 4 is 27.1 Å². The molecule has 2 heterocycles. The smallest absolute Gasteiger partial charge is 0.137 e. The normalized spacial score (nSPS) is 10.9. The van der Waals surface area contributed by atoms with Crippen LogP contribution >= 0.6 is 15.9 Å². The summed E-state index contributed by atoms with van der Waals surface area (Å²) in [5.41, 5.74) is 3.96. The Labute approximate surface area is 124 Å². The summed E-state index contributed by atoms with van der Waals surface area (Å²) in [6.45, 7) is 2.53. The van der Waals surface area contributed by atoms with Crippen molar-refractivity contribution in [3.05, 3.63) is 64.1 Å². The van der Waals surface area contributed by atoms with Crippen LogP contribution in [0.4, 0.5) is 10.1 Å². The third kappa shape index (κ3) is 2.41. The number of aryl methyl sites for hydroxylation is 1. The number of aromatic nitrogens is 2. The number of fused-ring (bicyclic) bond motifs is 1. The number of rotatable bonds is 3. The van der Waals surface area contributed by atoms with Crippen LogP contribution in [-0.2, 0) is 6.54 Å². The second-order valence-corrected chi connectivity index (χ2v) is 5.49. The topological polar surface area (TPSA) is 29.3 Å². The van der Waals surface area contributed by atoms with Gasteiger partial charge in [-0.15, -0.1) is 0 Å². The first-order valence-corrected chi connectivity index (χ1v) is 7.05. The van der Waals surface area contributed by atoms with Crippen LogP contribution < -0.4 is 5.32 Å². The SMILES string of the molecule is Cc1cc(F)c(Br)cc1NCc1cnn2ccccc12. The maximum Gasteiger partial charge on any atom is 0.137 e. The van der Waals surface area contributed by atoms with E-state index in [-0.39, 0.29) is 5.82 Å². The summed E-state index contributed by atoms with van der Waals surface area (Å²) in [7, 11) is 0. The number of pyridine rings is 1. The van der Waals surface area contributed by atoms with Gasteiger partial charge in [0.2, 0.25) is 0 Å². The number of benzene rings is 1. The van der Waals surface area contributed by atoms with E-state index in [1.54, 1.807) is 6.07 Å².